The molecule has 1 heterocycles. The second-order valence-electron chi connectivity index (χ2n) is 3.39. The minimum Gasteiger partial charge on any atom is -0.345 e. The van der Waals surface area contributed by atoms with E-state index in [2.05, 4.69) is 4.99 Å². The van der Waals surface area contributed by atoms with Crippen LogP contribution < -0.4 is 0 Å². The molecule has 0 N–H and O–H groups in total. The Balaban J connectivity index is 2.07. The van der Waals surface area contributed by atoms with E-state index in [0.717, 1.165) is 23.0 Å². The monoisotopic (exact) mass is 235 g/mol. The lowest BCUT2D eigenvalue weighted by atomic mass is 10.2. The summed E-state index contributed by atoms with van der Waals surface area (Å²) in [4.78, 5) is 5.78. The topological polar surface area (TPSA) is 39.4 Å². The SMILES string of the molecule is N#CN=C1SCCN1Cc1ccc(F)cc1. The fraction of sp³-hybridized carbons (Fsp3) is 0.273. The van der Waals surface area contributed by atoms with Crippen LogP contribution in [-0.2, 0) is 6.54 Å². The van der Waals surface area contributed by atoms with Crippen molar-refractivity contribution in [2.45, 2.75) is 6.54 Å². The maximum Gasteiger partial charge on any atom is 0.208 e. The number of halogens is 1. The van der Waals surface area contributed by atoms with Gasteiger partial charge in [0.05, 0.1) is 0 Å². The molecule has 1 saturated heterocycles. The van der Waals surface area contributed by atoms with E-state index in [1.165, 1.54) is 12.1 Å². The summed E-state index contributed by atoms with van der Waals surface area (Å²) in [5.74, 6) is 0.715. The molecule has 0 saturated carbocycles. The molecule has 0 unspecified atom stereocenters. The van der Waals surface area contributed by atoms with E-state index in [1.54, 1.807) is 30.1 Å². The minimum atomic E-state index is -0.231. The molecular formula is C11H10FN3S. The first-order valence-electron chi connectivity index (χ1n) is 4.88. The standard InChI is InChI=1S/C11H10FN3S/c12-10-3-1-9(2-4-10)7-15-5-6-16-11(15)14-8-13/h1-4H,5-7H2. The summed E-state index contributed by atoms with van der Waals surface area (Å²) in [5, 5.41) is 9.28. The van der Waals surface area contributed by atoms with Crippen LogP contribution in [0.3, 0.4) is 0 Å². The normalized spacial score (nSPS) is 17.8. The van der Waals surface area contributed by atoms with E-state index < -0.39 is 0 Å². The van der Waals surface area contributed by atoms with Gasteiger partial charge in [-0.05, 0) is 17.7 Å². The number of nitriles is 1. The Morgan fingerprint density at radius 1 is 1.44 bits per heavy atom. The predicted molar refractivity (Wildman–Crippen MR) is 62.3 cm³/mol. The summed E-state index contributed by atoms with van der Waals surface area (Å²) in [5.41, 5.74) is 1.02. The molecule has 0 amide bonds. The van der Waals surface area contributed by atoms with Gasteiger partial charge in [-0.1, -0.05) is 23.9 Å². The molecule has 1 aliphatic rings. The van der Waals surface area contributed by atoms with Crippen molar-refractivity contribution in [3.8, 4) is 6.19 Å². The zero-order valence-corrected chi connectivity index (χ0v) is 9.38. The fourth-order valence-electron chi connectivity index (χ4n) is 1.54. The molecule has 1 aliphatic heterocycles. The zero-order valence-electron chi connectivity index (χ0n) is 8.56. The maximum absolute atomic E-state index is 12.7. The van der Waals surface area contributed by atoms with Crippen LogP contribution >= 0.6 is 11.8 Å². The molecule has 1 aromatic carbocycles. The third kappa shape index (κ3) is 2.52. The molecule has 16 heavy (non-hydrogen) atoms. The number of rotatable bonds is 2. The molecule has 5 heteroatoms. The zero-order chi connectivity index (χ0) is 11.4. The molecule has 3 nitrogen and oxygen atoms in total. The van der Waals surface area contributed by atoms with Crippen molar-refractivity contribution in [1.29, 1.82) is 5.26 Å². The lowest BCUT2D eigenvalue weighted by molar-refractivity contribution is 0.457. The first-order chi connectivity index (χ1) is 7.79. The first kappa shape index (κ1) is 11.0. The Morgan fingerprint density at radius 2 is 2.19 bits per heavy atom. The molecule has 0 aliphatic carbocycles. The summed E-state index contributed by atoms with van der Waals surface area (Å²) < 4.78 is 12.7. The van der Waals surface area contributed by atoms with Crippen molar-refractivity contribution in [3.05, 3.63) is 35.6 Å². The van der Waals surface area contributed by atoms with Gasteiger partial charge in [-0.25, -0.2) is 4.39 Å². The van der Waals surface area contributed by atoms with Crippen molar-refractivity contribution in [1.82, 2.24) is 4.90 Å². The maximum atomic E-state index is 12.7. The van der Waals surface area contributed by atoms with E-state index in [-0.39, 0.29) is 5.82 Å². The van der Waals surface area contributed by atoms with E-state index in [9.17, 15) is 4.39 Å². The molecular weight excluding hydrogens is 225 g/mol. The van der Waals surface area contributed by atoms with Crippen LogP contribution in [0.1, 0.15) is 5.56 Å². The van der Waals surface area contributed by atoms with Gasteiger partial charge in [0.1, 0.15) is 5.82 Å². The van der Waals surface area contributed by atoms with Crippen molar-refractivity contribution in [3.63, 3.8) is 0 Å². The summed E-state index contributed by atoms with van der Waals surface area (Å²) in [6.07, 6.45) is 1.80. The van der Waals surface area contributed by atoms with Crippen LogP contribution in [0, 0.1) is 17.3 Å². The van der Waals surface area contributed by atoms with Crippen molar-refractivity contribution in [2.24, 2.45) is 4.99 Å². The molecule has 0 aromatic heterocycles. The molecule has 0 atom stereocenters. The van der Waals surface area contributed by atoms with Crippen LogP contribution in [0.25, 0.3) is 0 Å². The average Bonchev–Trinajstić information content (AvgIpc) is 2.70. The summed E-state index contributed by atoms with van der Waals surface area (Å²) in [6.45, 7) is 1.55. The Hall–Kier alpha value is -1.54. The second kappa shape index (κ2) is 4.99. The highest BCUT2D eigenvalue weighted by atomic mass is 32.2. The van der Waals surface area contributed by atoms with Gasteiger partial charge in [-0.3, -0.25) is 0 Å². The second-order valence-corrected chi connectivity index (χ2v) is 4.45. The Morgan fingerprint density at radius 3 is 2.88 bits per heavy atom. The van der Waals surface area contributed by atoms with Gasteiger partial charge in [0, 0.05) is 18.8 Å². The van der Waals surface area contributed by atoms with Crippen LogP contribution in [-0.4, -0.2) is 22.4 Å². The number of nitrogens with zero attached hydrogens (tertiary/aromatic N) is 3. The molecule has 2 rings (SSSR count). The first-order valence-corrected chi connectivity index (χ1v) is 5.87. The average molecular weight is 235 g/mol. The van der Waals surface area contributed by atoms with Gasteiger partial charge in [-0.15, -0.1) is 4.99 Å². The lowest BCUT2D eigenvalue weighted by Gasteiger charge is -2.16. The molecule has 1 aromatic rings. The number of amidine groups is 1. The number of hydrogen-bond donors (Lipinski definition) is 0. The largest absolute Gasteiger partial charge is 0.345 e. The minimum absolute atomic E-state index is 0.231. The molecule has 1 fully saturated rings. The number of benzene rings is 1. The Labute approximate surface area is 97.6 Å². The molecule has 0 radical (unpaired) electrons. The summed E-state index contributed by atoms with van der Waals surface area (Å²) in [7, 11) is 0. The van der Waals surface area contributed by atoms with Crippen molar-refractivity contribution < 1.29 is 4.39 Å². The molecule has 0 bridgehead atoms. The van der Waals surface area contributed by atoms with E-state index in [1.807, 2.05) is 4.90 Å². The Kier molecular flexibility index (Phi) is 3.42. The van der Waals surface area contributed by atoms with Crippen LogP contribution in [0.4, 0.5) is 4.39 Å². The van der Waals surface area contributed by atoms with E-state index >= 15 is 0 Å². The van der Waals surface area contributed by atoms with Crippen LogP contribution in [0.15, 0.2) is 29.3 Å². The fourth-order valence-corrected chi connectivity index (χ4v) is 2.47. The predicted octanol–water partition coefficient (Wildman–Crippen LogP) is 2.21. The van der Waals surface area contributed by atoms with Gasteiger partial charge in [-0.2, -0.15) is 5.26 Å². The highest BCUT2D eigenvalue weighted by molar-refractivity contribution is 8.14. The van der Waals surface area contributed by atoms with Crippen molar-refractivity contribution in [2.75, 3.05) is 12.3 Å². The molecule has 0 spiro atoms. The van der Waals surface area contributed by atoms with Gasteiger partial charge >= 0.3 is 0 Å². The number of thioether (sulfide) groups is 1. The van der Waals surface area contributed by atoms with Gasteiger partial charge < -0.3 is 4.90 Å². The third-order valence-corrected chi connectivity index (χ3v) is 3.29. The van der Waals surface area contributed by atoms with Crippen LogP contribution in [0.2, 0.25) is 0 Å². The van der Waals surface area contributed by atoms with Crippen molar-refractivity contribution >= 4 is 16.9 Å². The Bertz CT molecular complexity index is 436. The van der Waals surface area contributed by atoms with E-state index in [0.29, 0.717) is 6.54 Å². The van der Waals surface area contributed by atoms with Gasteiger partial charge in [0.25, 0.3) is 0 Å². The highest BCUT2D eigenvalue weighted by Gasteiger charge is 2.19. The smallest absolute Gasteiger partial charge is 0.208 e. The van der Waals surface area contributed by atoms with Crippen LogP contribution in [0.5, 0.6) is 0 Å². The lowest BCUT2D eigenvalue weighted by Crippen LogP contribution is -2.23. The number of aliphatic imine (C=N–C) groups is 1. The number of hydrogen-bond acceptors (Lipinski definition) is 3. The molecule has 82 valence electrons. The highest BCUT2D eigenvalue weighted by Crippen LogP contribution is 2.20. The quantitative estimate of drug-likeness (QED) is 0.738. The summed E-state index contributed by atoms with van der Waals surface area (Å²) >= 11 is 1.58. The van der Waals surface area contributed by atoms with E-state index in [4.69, 9.17) is 5.26 Å². The van der Waals surface area contributed by atoms with Gasteiger partial charge in [0.2, 0.25) is 6.19 Å². The summed E-state index contributed by atoms with van der Waals surface area (Å²) in [6, 6.07) is 6.39. The third-order valence-electron chi connectivity index (χ3n) is 2.30. The van der Waals surface area contributed by atoms with Gasteiger partial charge in [0.15, 0.2) is 5.17 Å².